The number of hydrogen-bond acceptors (Lipinski definition) is 1. The fraction of sp³-hybridized carbons (Fsp3) is 0.333. The summed E-state index contributed by atoms with van der Waals surface area (Å²) in [6.45, 7) is 3.98. The molecule has 1 aromatic rings. The summed E-state index contributed by atoms with van der Waals surface area (Å²) >= 11 is 5.05. The number of para-hydroxylation sites is 1. The average molecular weight is 167 g/mol. The van der Waals surface area contributed by atoms with Crippen LogP contribution < -0.4 is 4.74 Å². The Hall–Kier alpha value is -0.760. The quantitative estimate of drug-likeness (QED) is 0.658. The smallest absolute Gasteiger partial charge is 0.137 e. The van der Waals surface area contributed by atoms with Gasteiger partial charge in [-0.2, -0.15) is 0 Å². The number of hydrogen-bond donors (Lipinski definition) is 0. The minimum atomic E-state index is 0.194. The van der Waals surface area contributed by atoms with E-state index in [1.54, 1.807) is 0 Å². The minimum absolute atomic E-state index is 0.194. The van der Waals surface area contributed by atoms with Gasteiger partial charge in [0.1, 0.15) is 5.75 Å². The highest BCUT2D eigenvalue weighted by atomic mass is 32.1. The van der Waals surface area contributed by atoms with E-state index in [4.69, 9.17) is 17.4 Å². The average Bonchev–Trinajstić information content (AvgIpc) is 1.93. The molecule has 1 radical (unpaired) electrons. The number of benzene rings is 1. The van der Waals surface area contributed by atoms with Crippen LogP contribution in [0.15, 0.2) is 29.2 Å². The molecule has 0 unspecified atom stereocenters. The van der Waals surface area contributed by atoms with Gasteiger partial charge in [-0.1, -0.05) is 24.8 Å². The van der Waals surface area contributed by atoms with Crippen LogP contribution in [0, 0.1) is 0 Å². The molecule has 0 aliphatic rings. The van der Waals surface area contributed by atoms with Crippen molar-refractivity contribution in [1.82, 2.24) is 0 Å². The van der Waals surface area contributed by atoms with E-state index >= 15 is 0 Å². The molecule has 0 aliphatic carbocycles. The third-order valence-electron chi connectivity index (χ3n) is 1.21. The zero-order chi connectivity index (χ0) is 8.27. The third kappa shape index (κ3) is 2.39. The summed E-state index contributed by atoms with van der Waals surface area (Å²) in [6, 6.07) is 7.60. The summed E-state index contributed by atoms with van der Waals surface area (Å²) in [5.74, 6) is 0.803. The van der Waals surface area contributed by atoms with Crippen LogP contribution in [0.5, 0.6) is 5.75 Å². The molecule has 0 atom stereocenters. The second-order valence-corrected chi connectivity index (χ2v) is 3.05. The maximum atomic E-state index is 5.44. The molecule has 11 heavy (non-hydrogen) atoms. The second kappa shape index (κ2) is 3.58. The fourth-order valence-corrected chi connectivity index (χ4v) is 0.996. The highest BCUT2D eigenvalue weighted by Gasteiger charge is 2.00. The fourth-order valence-electron chi connectivity index (χ4n) is 0.801. The van der Waals surface area contributed by atoms with E-state index in [2.05, 4.69) is 0 Å². The summed E-state index contributed by atoms with van der Waals surface area (Å²) in [7, 11) is 0. The van der Waals surface area contributed by atoms with Crippen LogP contribution in [-0.4, -0.2) is 6.10 Å². The van der Waals surface area contributed by atoms with E-state index in [-0.39, 0.29) is 6.10 Å². The molecule has 0 bridgehead atoms. The second-order valence-electron chi connectivity index (χ2n) is 2.61. The Balaban J connectivity index is 2.78. The molecule has 2 heteroatoms. The van der Waals surface area contributed by atoms with Crippen molar-refractivity contribution < 1.29 is 4.74 Å². The SMILES string of the molecule is CC(C)Oc1ccccc1[S]. The summed E-state index contributed by atoms with van der Waals surface area (Å²) in [5.41, 5.74) is 0. The van der Waals surface area contributed by atoms with Crippen LogP contribution in [0.1, 0.15) is 13.8 Å². The molecule has 0 aliphatic heterocycles. The first-order valence-corrected chi connectivity index (χ1v) is 4.03. The Kier molecular flexibility index (Phi) is 2.71. The largest absolute Gasteiger partial charge is 0.490 e. The normalized spacial score (nSPS) is 10.1. The number of rotatable bonds is 2. The summed E-state index contributed by atoms with van der Waals surface area (Å²) < 4.78 is 5.44. The van der Waals surface area contributed by atoms with Gasteiger partial charge in [0, 0.05) is 0 Å². The van der Waals surface area contributed by atoms with Gasteiger partial charge in [0.05, 0.1) is 11.0 Å². The molecule has 0 fully saturated rings. The molecule has 0 spiro atoms. The third-order valence-corrected chi connectivity index (χ3v) is 1.55. The van der Waals surface area contributed by atoms with Crippen molar-refractivity contribution in [2.24, 2.45) is 0 Å². The molecule has 0 saturated carbocycles. The van der Waals surface area contributed by atoms with Crippen molar-refractivity contribution in [3.8, 4) is 5.75 Å². The van der Waals surface area contributed by atoms with E-state index in [1.165, 1.54) is 0 Å². The van der Waals surface area contributed by atoms with E-state index < -0.39 is 0 Å². The van der Waals surface area contributed by atoms with Crippen molar-refractivity contribution in [3.63, 3.8) is 0 Å². The minimum Gasteiger partial charge on any atom is -0.490 e. The topological polar surface area (TPSA) is 9.23 Å². The molecule has 0 N–H and O–H groups in total. The van der Waals surface area contributed by atoms with Crippen LogP contribution >= 0.6 is 12.6 Å². The zero-order valence-corrected chi connectivity index (χ0v) is 7.52. The van der Waals surface area contributed by atoms with Gasteiger partial charge in [0.15, 0.2) is 0 Å². The molecule has 1 nitrogen and oxygen atoms in total. The maximum absolute atomic E-state index is 5.44. The van der Waals surface area contributed by atoms with Crippen molar-refractivity contribution in [2.45, 2.75) is 24.8 Å². The lowest BCUT2D eigenvalue weighted by Gasteiger charge is -2.10. The molecule has 1 rings (SSSR count). The van der Waals surface area contributed by atoms with Crippen LogP contribution in [0.3, 0.4) is 0 Å². The molecule has 0 amide bonds. The molecular formula is C9H11OS. The van der Waals surface area contributed by atoms with Crippen molar-refractivity contribution in [1.29, 1.82) is 0 Å². The Bertz CT molecular complexity index is 233. The summed E-state index contributed by atoms with van der Waals surface area (Å²) in [4.78, 5) is 0.779. The lowest BCUT2D eigenvalue weighted by Crippen LogP contribution is -2.05. The number of ether oxygens (including phenoxy) is 1. The van der Waals surface area contributed by atoms with Gasteiger partial charge in [0.2, 0.25) is 0 Å². The first kappa shape index (κ1) is 8.34. The van der Waals surface area contributed by atoms with Crippen LogP contribution in [0.2, 0.25) is 0 Å². The van der Waals surface area contributed by atoms with Crippen LogP contribution in [0.4, 0.5) is 0 Å². The molecular weight excluding hydrogens is 156 g/mol. The standard InChI is InChI=1S/C9H11OS/c1-7(2)10-8-5-3-4-6-9(8)11/h3-7H,1-2H3. The van der Waals surface area contributed by atoms with Gasteiger partial charge in [-0.05, 0) is 26.0 Å². The van der Waals surface area contributed by atoms with Gasteiger partial charge in [-0.3, -0.25) is 0 Å². The highest BCUT2D eigenvalue weighted by Crippen LogP contribution is 2.22. The lowest BCUT2D eigenvalue weighted by atomic mass is 10.3. The van der Waals surface area contributed by atoms with E-state index in [1.807, 2.05) is 38.1 Å². The van der Waals surface area contributed by atoms with E-state index in [0.717, 1.165) is 10.6 Å². The molecule has 1 aromatic carbocycles. The van der Waals surface area contributed by atoms with Crippen LogP contribution in [0.25, 0.3) is 0 Å². The Morgan fingerprint density at radius 1 is 1.27 bits per heavy atom. The van der Waals surface area contributed by atoms with Gasteiger partial charge >= 0.3 is 0 Å². The Morgan fingerprint density at radius 3 is 2.45 bits per heavy atom. The molecule has 0 saturated heterocycles. The van der Waals surface area contributed by atoms with Crippen LogP contribution in [-0.2, 0) is 0 Å². The van der Waals surface area contributed by atoms with Gasteiger partial charge < -0.3 is 4.74 Å². The molecule has 0 aromatic heterocycles. The first-order valence-electron chi connectivity index (χ1n) is 3.63. The van der Waals surface area contributed by atoms with Crippen molar-refractivity contribution >= 4 is 12.6 Å². The zero-order valence-electron chi connectivity index (χ0n) is 6.70. The van der Waals surface area contributed by atoms with Gasteiger partial charge in [-0.25, -0.2) is 0 Å². The predicted molar refractivity (Wildman–Crippen MR) is 48.1 cm³/mol. The Morgan fingerprint density at radius 2 is 1.91 bits per heavy atom. The van der Waals surface area contributed by atoms with Gasteiger partial charge in [-0.15, -0.1) is 0 Å². The summed E-state index contributed by atoms with van der Waals surface area (Å²) in [6.07, 6.45) is 0.194. The van der Waals surface area contributed by atoms with E-state index in [0.29, 0.717) is 0 Å². The first-order chi connectivity index (χ1) is 5.20. The van der Waals surface area contributed by atoms with Crippen molar-refractivity contribution in [3.05, 3.63) is 24.3 Å². The van der Waals surface area contributed by atoms with E-state index in [9.17, 15) is 0 Å². The lowest BCUT2D eigenvalue weighted by molar-refractivity contribution is 0.236. The van der Waals surface area contributed by atoms with Crippen molar-refractivity contribution in [2.75, 3.05) is 0 Å². The highest BCUT2D eigenvalue weighted by molar-refractivity contribution is 7.80. The monoisotopic (exact) mass is 167 g/mol. The summed E-state index contributed by atoms with van der Waals surface area (Å²) in [5, 5.41) is 0. The van der Waals surface area contributed by atoms with Gasteiger partial charge in [0.25, 0.3) is 0 Å². The predicted octanol–water partition coefficient (Wildman–Crippen LogP) is 3.03. The Labute approximate surface area is 72.8 Å². The molecule has 0 heterocycles. The maximum Gasteiger partial charge on any atom is 0.137 e. The molecule has 59 valence electrons.